The minimum absolute atomic E-state index is 0.278. The van der Waals surface area contributed by atoms with Crippen LogP contribution in [0.5, 0.6) is 0 Å². The van der Waals surface area contributed by atoms with Gasteiger partial charge in [0.15, 0.2) is 0 Å². The van der Waals surface area contributed by atoms with Crippen molar-refractivity contribution in [2.24, 2.45) is 53.3 Å². The lowest BCUT2D eigenvalue weighted by molar-refractivity contribution is -0.160. The number of carbonyl (C=O) groups is 4. The maximum atomic E-state index is 12.4. The Labute approximate surface area is 247 Å². The second-order valence-electron chi connectivity index (χ2n) is 12.4. The molecule has 2 N–H and O–H groups in total. The number of hydrogen-bond donors (Lipinski definition) is 2. The summed E-state index contributed by atoms with van der Waals surface area (Å²) in [5.41, 5.74) is 0. The van der Waals surface area contributed by atoms with Gasteiger partial charge in [-0.3, -0.25) is 19.2 Å². The summed E-state index contributed by atoms with van der Waals surface area (Å²) in [4.78, 5) is 46.1. The Balaban J connectivity index is 0.000000312. The highest BCUT2D eigenvalue weighted by molar-refractivity contribution is 5.82. The Hall–Kier alpha value is -2.12. The number of carboxylic acids is 2. The van der Waals surface area contributed by atoms with Crippen LogP contribution in [-0.2, 0) is 28.7 Å². The van der Waals surface area contributed by atoms with E-state index in [9.17, 15) is 24.3 Å². The molecular weight excluding hydrogens is 524 g/mol. The number of rotatable bonds is 10. The van der Waals surface area contributed by atoms with Gasteiger partial charge in [0, 0.05) is 0 Å². The summed E-state index contributed by atoms with van der Waals surface area (Å²) in [6.45, 7) is 10.9. The molecule has 9 atom stereocenters. The van der Waals surface area contributed by atoms with E-state index >= 15 is 0 Å². The maximum Gasteiger partial charge on any atom is 0.309 e. The SMILES string of the molecule is CC.CCC1C2CCC(C2)C1CCCOC(=O)C1CCC(C)CC1C(=O)O.CCOC(=O)C1CCCCC1C(=O)O. The summed E-state index contributed by atoms with van der Waals surface area (Å²) >= 11 is 0. The van der Waals surface area contributed by atoms with Crippen LogP contribution in [0, 0.1) is 53.3 Å². The lowest BCUT2D eigenvalue weighted by Crippen LogP contribution is -2.36. The molecule has 4 rings (SSSR count). The Morgan fingerprint density at radius 2 is 1.24 bits per heavy atom. The van der Waals surface area contributed by atoms with Crippen molar-refractivity contribution in [3.8, 4) is 0 Å². The number of carbonyl (C=O) groups excluding carboxylic acids is 2. The molecule has 236 valence electrons. The van der Waals surface area contributed by atoms with Crippen LogP contribution in [0.3, 0.4) is 0 Å². The fraction of sp³-hybridized carbons (Fsp3) is 0.879. The number of ether oxygens (including phenoxy) is 2. The first-order chi connectivity index (χ1) is 19.7. The fourth-order valence-corrected chi connectivity index (χ4v) is 8.11. The highest BCUT2D eigenvalue weighted by Gasteiger charge is 2.46. The summed E-state index contributed by atoms with van der Waals surface area (Å²) in [7, 11) is 0. The number of hydrogen-bond acceptors (Lipinski definition) is 6. The molecule has 0 heterocycles. The van der Waals surface area contributed by atoms with Gasteiger partial charge in [-0.05, 0) is 101 Å². The molecule has 0 amide bonds. The second kappa shape index (κ2) is 17.7. The minimum atomic E-state index is -0.872. The maximum absolute atomic E-state index is 12.4. The van der Waals surface area contributed by atoms with Gasteiger partial charge in [-0.2, -0.15) is 0 Å². The Morgan fingerprint density at radius 1 is 0.683 bits per heavy atom. The Morgan fingerprint density at radius 3 is 1.83 bits per heavy atom. The summed E-state index contributed by atoms with van der Waals surface area (Å²) in [6.07, 6.45) is 12.8. The first-order valence-electron chi connectivity index (χ1n) is 16.5. The molecule has 8 nitrogen and oxygen atoms in total. The van der Waals surface area contributed by atoms with E-state index in [-0.39, 0.29) is 11.9 Å². The zero-order valence-electron chi connectivity index (χ0n) is 26.1. The van der Waals surface area contributed by atoms with Gasteiger partial charge >= 0.3 is 23.9 Å². The Kier molecular flexibility index (Phi) is 15.2. The van der Waals surface area contributed by atoms with Crippen molar-refractivity contribution in [2.75, 3.05) is 13.2 Å². The van der Waals surface area contributed by atoms with Gasteiger partial charge in [-0.15, -0.1) is 0 Å². The van der Waals surface area contributed by atoms with E-state index in [1.807, 2.05) is 13.8 Å². The van der Waals surface area contributed by atoms with Gasteiger partial charge in [-0.1, -0.05) is 47.0 Å². The standard InChI is InChI=1S/C21H34O4.C10H16O4.C2H6/c1-3-16-14-7-8-15(12-14)17(16)5-4-10-25-21(24)18-9-6-13(2)11-19(18)20(22)23;1-2-14-10(13)8-6-4-3-5-7(8)9(11)12;1-2/h13-19H,3-12H2,1-2H3,(H,22,23);7-8H,2-6H2,1H3,(H,11,12);1-2H3. The van der Waals surface area contributed by atoms with Crippen molar-refractivity contribution < 1.29 is 38.9 Å². The van der Waals surface area contributed by atoms with Crippen LogP contribution in [0.15, 0.2) is 0 Å². The van der Waals surface area contributed by atoms with E-state index in [4.69, 9.17) is 14.6 Å². The lowest BCUT2D eigenvalue weighted by atomic mass is 9.74. The number of carboxylic acid groups (broad SMARTS) is 2. The zero-order chi connectivity index (χ0) is 30.5. The number of fused-ring (bicyclic) bond motifs is 2. The smallest absolute Gasteiger partial charge is 0.309 e. The van der Waals surface area contributed by atoms with Gasteiger partial charge < -0.3 is 19.7 Å². The first-order valence-corrected chi connectivity index (χ1v) is 16.5. The minimum Gasteiger partial charge on any atom is -0.481 e. The van der Waals surface area contributed by atoms with E-state index < -0.39 is 35.6 Å². The summed E-state index contributed by atoms with van der Waals surface area (Å²) in [5, 5.41) is 18.3. The second-order valence-corrected chi connectivity index (χ2v) is 12.4. The normalized spacial score (nSPS) is 33.8. The van der Waals surface area contributed by atoms with Crippen LogP contribution >= 0.6 is 0 Å². The molecule has 0 aromatic heterocycles. The third-order valence-corrected chi connectivity index (χ3v) is 10.1. The monoisotopic (exact) mass is 580 g/mol. The molecule has 8 heteroatoms. The number of aliphatic carboxylic acids is 2. The van der Waals surface area contributed by atoms with Crippen molar-refractivity contribution in [2.45, 2.75) is 118 Å². The van der Waals surface area contributed by atoms with E-state index in [0.29, 0.717) is 44.8 Å². The van der Waals surface area contributed by atoms with E-state index in [0.717, 1.165) is 55.8 Å². The molecule has 2 bridgehead atoms. The van der Waals surface area contributed by atoms with Gasteiger partial charge in [0.2, 0.25) is 0 Å². The van der Waals surface area contributed by atoms with Gasteiger partial charge in [0.05, 0.1) is 36.9 Å². The molecule has 4 saturated carbocycles. The predicted octanol–water partition coefficient (Wildman–Crippen LogP) is 6.99. The van der Waals surface area contributed by atoms with E-state index in [1.165, 1.54) is 25.7 Å². The molecule has 4 aliphatic rings. The molecule has 0 aromatic rings. The predicted molar refractivity (Wildman–Crippen MR) is 157 cm³/mol. The van der Waals surface area contributed by atoms with Crippen molar-refractivity contribution in [3.05, 3.63) is 0 Å². The number of esters is 2. The van der Waals surface area contributed by atoms with Crippen molar-refractivity contribution in [1.29, 1.82) is 0 Å². The van der Waals surface area contributed by atoms with Gasteiger partial charge in [0.1, 0.15) is 0 Å². The molecule has 4 fully saturated rings. The summed E-state index contributed by atoms with van der Waals surface area (Å²) < 4.78 is 10.4. The average molecular weight is 581 g/mol. The average Bonchev–Trinajstić information content (AvgIpc) is 3.58. The molecule has 9 unspecified atom stereocenters. The van der Waals surface area contributed by atoms with Gasteiger partial charge in [0.25, 0.3) is 0 Å². The van der Waals surface area contributed by atoms with Crippen LogP contribution in [0.2, 0.25) is 0 Å². The quantitative estimate of drug-likeness (QED) is 0.209. The van der Waals surface area contributed by atoms with Crippen LogP contribution in [0.4, 0.5) is 0 Å². The Bertz CT molecular complexity index is 841. The van der Waals surface area contributed by atoms with Gasteiger partial charge in [-0.25, -0.2) is 0 Å². The molecule has 0 spiro atoms. The lowest BCUT2D eigenvalue weighted by Gasteiger charge is -2.31. The third-order valence-electron chi connectivity index (χ3n) is 10.1. The molecule has 41 heavy (non-hydrogen) atoms. The molecule has 0 aromatic carbocycles. The molecule has 0 aliphatic heterocycles. The molecule has 0 radical (unpaired) electrons. The van der Waals surface area contributed by atoms with Crippen LogP contribution in [-0.4, -0.2) is 47.3 Å². The molecule has 0 saturated heterocycles. The summed E-state index contributed by atoms with van der Waals surface area (Å²) in [6, 6.07) is 0. The van der Waals surface area contributed by atoms with Crippen molar-refractivity contribution >= 4 is 23.9 Å². The molecule has 4 aliphatic carbocycles. The third kappa shape index (κ3) is 9.71. The fourth-order valence-electron chi connectivity index (χ4n) is 8.11. The summed E-state index contributed by atoms with van der Waals surface area (Å²) in [5.74, 6) is -0.382. The highest BCUT2D eigenvalue weighted by atomic mass is 16.5. The van der Waals surface area contributed by atoms with Crippen LogP contribution < -0.4 is 0 Å². The van der Waals surface area contributed by atoms with Crippen molar-refractivity contribution in [1.82, 2.24) is 0 Å². The topological polar surface area (TPSA) is 127 Å². The largest absolute Gasteiger partial charge is 0.481 e. The zero-order valence-corrected chi connectivity index (χ0v) is 26.1. The van der Waals surface area contributed by atoms with E-state index in [1.54, 1.807) is 6.92 Å². The first kappa shape index (κ1) is 35.1. The van der Waals surface area contributed by atoms with Crippen LogP contribution in [0.1, 0.15) is 118 Å². The highest BCUT2D eigenvalue weighted by Crippen LogP contribution is 2.54. The van der Waals surface area contributed by atoms with Crippen molar-refractivity contribution in [3.63, 3.8) is 0 Å². The van der Waals surface area contributed by atoms with E-state index in [2.05, 4.69) is 13.8 Å². The van der Waals surface area contributed by atoms with Crippen LogP contribution in [0.25, 0.3) is 0 Å². The molecular formula is C33H56O8.